The molecule has 3 heterocycles. The van der Waals surface area contributed by atoms with Gasteiger partial charge in [-0.25, -0.2) is 0 Å². The van der Waals surface area contributed by atoms with Crippen LogP contribution in [0.3, 0.4) is 0 Å². The van der Waals surface area contributed by atoms with Gasteiger partial charge in [0.25, 0.3) is 0 Å². The first-order chi connectivity index (χ1) is 13.1. The Morgan fingerprint density at radius 3 is 2.63 bits per heavy atom. The second kappa shape index (κ2) is 8.27. The van der Waals surface area contributed by atoms with E-state index in [1.54, 1.807) is 0 Å². The van der Waals surface area contributed by atoms with Gasteiger partial charge in [0.2, 0.25) is 11.8 Å². The molecule has 0 bridgehead atoms. The molecule has 7 heteroatoms. The fourth-order valence-electron chi connectivity index (χ4n) is 4.31. The average molecular weight is 376 g/mol. The second-order valence-electron chi connectivity index (χ2n) is 8.83. The third kappa shape index (κ3) is 4.88. The number of carbonyl (C=O) groups is 1. The number of nitrogens with zero attached hydrogens (tertiary/aromatic N) is 4. The number of aromatic nitrogens is 2. The summed E-state index contributed by atoms with van der Waals surface area (Å²) in [6.45, 7) is 9.11. The summed E-state index contributed by atoms with van der Waals surface area (Å²) in [5.41, 5.74) is 0. The number of carbonyl (C=O) groups excluding carboxylic acids is 1. The van der Waals surface area contributed by atoms with E-state index in [1.807, 2.05) is 0 Å². The van der Waals surface area contributed by atoms with Gasteiger partial charge in [-0.3, -0.25) is 14.6 Å². The Hall–Kier alpha value is -1.47. The Bertz CT molecular complexity index is 634. The molecule has 27 heavy (non-hydrogen) atoms. The zero-order valence-electron chi connectivity index (χ0n) is 16.7. The summed E-state index contributed by atoms with van der Waals surface area (Å²) in [7, 11) is 0. The molecule has 1 aliphatic carbocycles. The first-order valence-corrected chi connectivity index (χ1v) is 10.7. The van der Waals surface area contributed by atoms with Crippen LogP contribution >= 0.6 is 0 Å². The third-order valence-electron chi connectivity index (χ3n) is 6.16. The van der Waals surface area contributed by atoms with Crippen molar-refractivity contribution in [3.05, 3.63) is 11.7 Å². The van der Waals surface area contributed by atoms with E-state index in [0.29, 0.717) is 12.1 Å². The summed E-state index contributed by atoms with van der Waals surface area (Å²) in [6.07, 6.45) is 6.84. The van der Waals surface area contributed by atoms with E-state index < -0.39 is 0 Å². The minimum atomic E-state index is 0.186. The van der Waals surface area contributed by atoms with Gasteiger partial charge in [-0.05, 0) is 45.1 Å². The van der Waals surface area contributed by atoms with Crippen LogP contribution in [0.5, 0.6) is 0 Å². The highest BCUT2D eigenvalue weighted by atomic mass is 16.5. The number of amides is 1. The molecule has 7 nitrogen and oxygen atoms in total. The lowest BCUT2D eigenvalue weighted by molar-refractivity contribution is -0.127. The van der Waals surface area contributed by atoms with Gasteiger partial charge in [-0.1, -0.05) is 19.0 Å². The molecule has 0 spiro atoms. The van der Waals surface area contributed by atoms with Crippen molar-refractivity contribution in [3.8, 4) is 0 Å². The van der Waals surface area contributed by atoms with E-state index in [9.17, 15) is 4.79 Å². The summed E-state index contributed by atoms with van der Waals surface area (Å²) in [5, 5.41) is 7.31. The number of rotatable bonds is 6. The maximum absolute atomic E-state index is 12.4. The van der Waals surface area contributed by atoms with Crippen LogP contribution in [0.1, 0.15) is 70.0 Å². The molecule has 1 atom stereocenters. The van der Waals surface area contributed by atoms with E-state index >= 15 is 0 Å². The molecule has 1 aromatic rings. The molecule has 1 aromatic heterocycles. The van der Waals surface area contributed by atoms with Gasteiger partial charge >= 0.3 is 0 Å². The highest BCUT2D eigenvalue weighted by Crippen LogP contribution is 2.26. The lowest BCUT2D eigenvalue weighted by Gasteiger charge is -2.41. The molecular formula is C20H33N5O2. The monoisotopic (exact) mass is 375 g/mol. The van der Waals surface area contributed by atoms with Crippen molar-refractivity contribution in [2.75, 3.05) is 26.2 Å². The number of piperidine rings is 2. The maximum Gasteiger partial charge on any atom is 0.229 e. The van der Waals surface area contributed by atoms with Crippen LogP contribution in [-0.4, -0.2) is 64.1 Å². The minimum absolute atomic E-state index is 0.186. The first-order valence-electron chi connectivity index (χ1n) is 10.7. The largest absolute Gasteiger partial charge is 0.353 e. The van der Waals surface area contributed by atoms with E-state index in [2.05, 4.69) is 39.1 Å². The molecule has 150 valence electrons. The van der Waals surface area contributed by atoms with Crippen LogP contribution in [0.2, 0.25) is 0 Å². The summed E-state index contributed by atoms with van der Waals surface area (Å²) in [5.74, 6) is 2.28. The SMILES string of the molecule is CC(C)c1nc(CN2CCC(N3CCC[C@H](C(=O)NC4CC4)C3)CC2)no1. The third-order valence-corrected chi connectivity index (χ3v) is 6.16. The zero-order chi connectivity index (χ0) is 18.8. The van der Waals surface area contributed by atoms with Gasteiger partial charge in [0, 0.05) is 37.6 Å². The predicted molar refractivity (Wildman–Crippen MR) is 102 cm³/mol. The van der Waals surface area contributed by atoms with Crippen molar-refractivity contribution in [1.29, 1.82) is 0 Å². The topological polar surface area (TPSA) is 74.5 Å². The van der Waals surface area contributed by atoms with Gasteiger partial charge in [0.05, 0.1) is 12.5 Å². The molecule has 0 unspecified atom stereocenters. The van der Waals surface area contributed by atoms with Crippen LogP contribution in [0.15, 0.2) is 4.52 Å². The second-order valence-corrected chi connectivity index (χ2v) is 8.83. The summed E-state index contributed by atoms with van der Waals surface area (Å²) in [4.78, 5) is 21.9. The summed E-state index contributed by atoms with van der Waals surface area (Å²) >= 11 is 0. The van der Waals surface area contributed by atoms with Gasteiger partial charge in [-0.15, -0.1) is 0 Å². The lowest BCUT2D eigenvalue weighted by atomic mass is 9.93. The lowest BCUT2D eigenvalue weighted by Crippen LogP contribution is -2.50. The van der Waals surface area contributed by atoms with E-state index in [0.717, 1.165) is 70.1 Å². The number of hydrogen-bond donors (Lipinski definition) is 1. The Kier molecular flexibility index (Phi) is 5.78. The Labute approximate surface area is 161 Å². The Balaban J connectivity index is 1.23. The molecule has 3 aliphatic rings. The first kappa shape index (κ1) is 18.9. The Morgan fingerprint density at radius 1 is 1.19 bits per heavy atom. The van der Waals surface area contributed by atoms with E-state index in [1.165, 1.54) is 12.8 Å². The van der Waals surface area contributed by atoms with Crippen molar-refractivity contribution in [3.63, 3.8) is 0 Å². The number of likely N-dealkylation sites (tertiary alicyclic amines) is 2. The van der Waals surface area contributed by atoms with Crippen LogP contribution < -0.4 is 5.32 Å². The van der Waals surface area contributed by atoms with Crippen LogP contribution in [0.4, 0.5) is 0 Å². The molecule has 1 N–H and O–H groups in total. The quantitative estimate of drug-likeness (QED) is 0.821. The van der Waals surface area contributed by atoms with Crippen molar-refractivity contribution in [2.24, 2.45) is 5.92 Å². The molecule has 1 amide bonds. The van der Waals surface area contributed by atoms with Gasteiger partial charge < -0.3 is 9.84 Å². The van der Waals surface area contributed by atoms with Gasteiger partial charge in [0.15, 0.2) is 5.82 Å². The normalized spacial score (nSPS) is 25.8. The van der Waals surface area contributed by atoms with Crippen LogP contribution in [0.25, 0.3) is 0 Å². The molecular weight excluding hydrogens is 342 g/mol. The fourth-order valence-corrected chi connectivity index (χ4v) is 4.31. The van der Waals surface area contributed by atoms with Crippen molar-refractivity contribution < 1.29 is 9.32 Å². The van der Waals surface area contributed by atoms with E-state index in [4.69, 9.17) is 4.52 Å². The number of nitrogens with one attached hydrogen (secondary N) is 1. The van der Waals surface area contributed by atoms with Gasteiger partial charge in [-0.2, -0.15) is 4.98 Å². The molecule has 0 radical (unpaired) electrons. The van der Waals surface area contributed by atoms with Crippen LogP contribution in [-0.2, 0) is 11.3 Å². The minimum Gasteiger partial charge on any atom is -0.353 e. The maximum atomic E-state index is 12.4. The highest BCUT2D eigenvalue weighted by Gasteiger charge is 2.33. The molecule has 3 fully saturated rings. The van der Waals surface area contributed by atoms with Gasteiger partial charge in [0.1, 0.15) is 0 Å². The molecule has 1 saturated carbocycles. The highest BCUT2D eigenvalue weighted by molar-refractivity contribution is 5.79. The van der Waals surface area contributed by atoms with Crippen molar-refractivity contribution in [1.82, 2.24) is 25.3 Å². The van der Waals surface area contributed by atoms with Crippen molar-refractivity contribution >= 4 is 5.91 Å². The van der Waals surface area contributed by atoms with E-state index in [-0.39, 0.29) is 17.7 Å². The molecule has 4 rings (SSSR count). The average Bonchev–Trinajstić information content (AvgIpc) is 3.37. The molecule has 0 aromatic carbocycles. The molecule has 2 aliphatic heterocycles. The number of hydrogen-bond acceptors (Lipinski definition) is 6. The fraction of sp³-hybridized carbons (Fsp3) is 0.850. The zero-order valence-corrected chi connectivity index (χ0v) is 16.7. The molecule has 2 saturated heterocycles. The Morgan fingerprint density at radius 2 is 1.96 bits per heavy atom. The van der Waals surface area contributed by atoms with Crippen LogP contribution in [0, 0.1) is 5.92 Å². The van der Waals surface area contributed by atoms with Crippen molar-refractivity contribution in [2.45, 2.75) is 76.9 Å². The summed E-state index contributed by atoms with van der Waals surface area (Å²) < 4.78 is 5.32. The summed E-state index contributed by atoms with van der Waals surface area (Å²) in [6, 6.07) is 1.08. The standard InChI is InChI=1S/C20H33N5O2/c1-14(2)20-22-18(23-27-20)13-24-10-7-17(8-11-24)25-9-3-4-15(12-25)19(26)21-16-5-6-16/h14-17H,3-13H2,1-2H3,(H,21,26)/t15-/m0/s1. The predicted octanol–water partition coefficient (Wildman–Crippen LogP) is 2.15. The smallest absolute Gasteiger partial charge is 0.229 e.